The first-order valence-electron chi connectivity index (χ1n) is 28.8. The van der Waals surface area contributed by atoms with E-state index in [0.717, 1.165) is 167 Å². The Hall–Kier alpha value is -6.94. The van der Waals surface area contributed by atoms with Crippen LogP contribution in [0.5, 0.6) is 23.0 Å². The molecule has 0 unspecified atom stereocenters. The second kappa shape index (κ2) is 31.2. The van der Waals surface area contributed by atoms with Gasteiger partial charge in [0.15, 0.2) is 0 Å². The molecular weight excluding hydrogens is 941 g/mol. The molecule has 0 aliphatic carbocycles. The molecule has 4 aromatic heterocycles. The zero-order valence-electron chi connectivity index (χ0n) is 45.4. The van der Waals surface area contributed by atoms with Gasteiger partial charge in [-0.1, -0.05) is 151 Å². The van der Waals surface area contributed by atoms with Crippen LogP contribution in [-0.4, -0.2) is 56.3 Å². The first-order valence-corrected chi connectivity index (χ1v) is 28.8. The summed E-state index contributed by atoms with van der Waals surface area (Å²) in [7, 11) is 0. The van der Waals surface area contributed by atoms with E-state index in [2.05, 4.69) is 107 Å². The van der Waals surface area contributed by atoms with Crippen LogP contribution in [0.25, 0.3) is 55.2 Å². The number of ether oxygens (including phenoxy) is 4. The molecule has 398 valence electrons. The lowest BCUT2D eigenvalue weighted by Crippen LogP contribution is -2.02. The summed E-state index contributed by atoms with van der Waals surface area (Å²) in [5.41, 5.74) is 5.93. The van der Waals surface area contributed by atoms with Crippen molar-refractivity contribution in [1.82, 2.24) is 29.9 Å². The number of nitrogens with zero attached hydrogens (tertiary/aromatic N) is 6. The van der Waals surface area contributed by atoms with Crippen LogP contribution in [0, 0.1) is 0 Å². The smallest absolute Gasteiger partial charge is 0.145 e. The van der Waals surface area contributed by atoms with E-state index in [9.17, 15) is 0 Å². The molecule has 0 aliphatic heterocycles. The Morgan fingerprint density at radius 3 is 1.00 bits per heavy atom. The Morgan fingerprint density at radius 1 is 0.289 bits per heavy atom. The van der Waals surface area contributed by atoms with Crippen LogP contribution in [0.15, 0.2) is 134 Å². The van der Waals surface area contributed by atoms with Crippen LogP contribution < -0.4 is 18.9 Å². The summed E-state index contributed by atoms with van der Waals surface area (Å²) < 4.78 is 24.9. The van der Waals surface area contributed by atoms with Crippen LogP contribution in [0.1, 0.15) is 154 Å². The highest BCUT2D eigenvalue weighted by atomic mass is 16.5. The van der Waals surface area contributed by atoms with E-state index in [1.807, 2.05) is 61.4 Å². The van der Waals surface area contributed by atoms with Crippen molar-refractivity contribution in [3.63, 3.8) is 0 Å². The van der Waals surface area contributed by atoms with Gasteiger partial charge in [-0.25, -0.2) is 19.9 Å². The normalized spacial score (nSPS) is 11.3. The van der Waals surface area contributed by atoms with Crippen molar-refractivity contribution >= 4 is 21.5 Å². The van der Waals surface area contributed by atoms with E-state index in [1.165, 1.54) is 64.2 Å². The standard InChI is InChI=1S/C66H80N6O4/c1-3-5-7-9-11-17-31-63-67-45-53(46-68-63)51-33-37-55(38-34-51)73-41-23-13-15-25-43-75-61-49-71-65(59-29-21-19-27-57(59)61)66-60-30-22-20-28-58(60)62(50-72-66)76-44-26-16-14-24-42-74-56-39-35-52(36-40-56)54-47-69-64(70-48-54)32-18-12-10-8-6-4-2/h19-22,27-30,33-40,45-50H,3-18,23-26,31-32,41-44H2,1-2H3. The van der Waals surface area contributed by atoms with Crippen LogP contribution >= 0.6 is 0 Å². The summed E-state index contributed by atoms with van der Waals surface area (Å²) in [5.74, 6) is 5.21. The van der Waals surface area contributed by atoms with Gasteiger partial charge in [-0.3, -0.25) is 9.97 Å². The third-order valence-electron chi connectivity index (χ3n) is 14.2. The SMILES string of the molecule is CCCCCCCCc1ncc(-c2ccc(OCCCCCCOc3cnc(-c4ncc(OCCCCCCOc5ccc(-c6cnc(CCCCCCCC)nc6)cc5)c5ccccc45)c4ccccc34)cc2)cn1. The third-order valence-corrected chi connectivity index (χ3v) is 14.2. The molecule has 0 fully saturated rings. The first-order chi connectivity index (χ1) is 37.7. The van der Waals surface area contributed by atoms with E-state index in [4.69, 9.17) is 28.9 Å². The molecule has 4 aromatic carbocycles. The molecule has 10 heteroatoms. The highest BCUT2D eigenvalue weighted by Crippen LogP contribution is 2.37. The van der Waals surface area contributed by atoms with Crippen molar-refractivity contribution in [3.8, 4) is 56.6 Å². The molecule has 0 spiro atoms. The predicted molar refractivity (Wildman–Crippen MR) is 310 cm³/mol. The maximum atomic E-state index is 6.37. The van der Waals surface area contributed by atoms with Gasteiger partial charge < -0.3 is 18.9 Å². The van der Waals surface area contributed by atoms with Gasteiger partial charge in [-0.15, -0.1) is 0 Å². The minimum Gasteiger partial charge on any atom is -0.494 e. The van der Waals surface area contributed by atoms with Crippen molar-refractivity contribution < 1.29 is 18.9 Å². The van der Waals surface area contributed by atoms with Crippen LogP contribution in [0.4, 0.5) is 0 Å². The number of hydrogen-bond acceptors (Lipinski definition) is 10. The van der Waals surface area contributed by atoms with Crippen LogP contribution in [0.3, 0.4) is 0 Å². The molecule has 0 N–H and O–H groups in total. The first kappa shape index (κ1) is 55.3. The molecule has 0 saturated carbocycles. The maximum absolute atomic E-state index is 6.37. The molecule has 0 radical (unpaired) electrons. The zero-order chi connectivity index (χ0) is 52.2. The van der Waals surface area contributed by atoms with Crippen molar-refractivity contribution in [2.75, 3.05) is 26.4 Å². The zero-order valence-corrected chi connectivity index (χ0v) is 45.4. The van der Waals surface area contributed by atoms with Gasteiger partial charge in [-0.05, 0) is 99.6 Å². The third kappa shape index (κ3) is 17.0. The lowest BCUT2D eigenvalue weighted by molar-refractivity contribution is 0.288. The molecule has 8 aromatic rings. The molecule has 0 atom stereocenters. The Balaban J connectivity index is 0.716. The van der Waals surface area contributed by atoms with Gasteiger partial charge >= 0.3 is 0 Å². The highest BCUT2D eigenvalue weighted by Gasteiger charge is 2.16. The number of benzene rings is 4. The average Bonchev–Trinajstić information content (AvgIpc) is 3.48. The second-order valence-corrected chi connectivity index (χ2v) is 20.1. The largest absolute Gasteiger partial charge is 0.494 e. The van der Waals surface area contributed by atoms with Crippen molar-refractivity contribution in [2.45, 2.75) is 155 Å². The molecule has 0 aliphatic rings. The minimum atomic E-state index is 0.624. The summed E-state index contributed by atoms with van der Waals surface area (Å²) in [6.45, 7) is 7.13. The summed E-state index contributed by atoms with van der Waals surface area (Å²) in [6, 6.07) is 33.1. The van der Waals surface area contributed by atoms with Crippen LogP contribution in [-0.2, 0) is 12.8 Å². The molecule has 0 amide bonds. The molecule has 4 heterocycles. The Morgan fingerprint density at radius 2 is 0.618 bits per heavy atom. The number of pyridine rings is 2. The van der Waals surface area contributed by atoms with E-state index in [1.54, 1.807) is 0 Å². The van der Waals surface area contributed by atoms with Gasteiger partial charge in [-0.2, -0.15) is 0 Å². The number of aromatic nitrogens is 6. The molecule has 10 nitrogen and oxygen atoms in total. The Kier molecular flexibility index (Phi) is 22.7. The van der Waals surface area contributed by atoms with Gasteiger partial charge in [0, 0.05) is 70.3 Å². The van der Waals surface area contributed by atoms with E-state index < -0.39 is 0 Å². The maximum Gasteiger partial charge on any atom is 0.145 e. The van der Waals surface area contributed by atoms with E-state index in [0.29, 0.717) is 26.4 Å². The van der Waals surface area contributed by atoms with Gasteiger partial charge in [0.1, 0.15) is 34.6 Å². The lowest BCUT2D eigenvalue weighted by atomic mass is 10.0. The summed E-state index contributed by atoms with van der Waals surface area (Å²) in [6.07, 6.45) is 36.8. The van der Waals surface area contributed by atoms with Crippen molar-refractivity contribution in [1.29, 1.82) is 0 Å². The second-order valence-electron chi connectivity index (χ2n) is 20.1. The topological polar surface area (TPSA) is 114 Å². The number of fused-ring (bicyclic) bond motifs is 2. The predicted octanol–water partition coefficient (Wildman–Crippen LogP) is 17.2. The monoisotopic (exact) mass is 1020 g/mol. The highest BCUT2D eigenvalue weighted by molar-refractivity contribution is 6.05. The van der Waals surface area contributed by atoms with Crippen LogP contribution in [0.2, 0.25) is 0 Å². The molecule has 8 rings (SSSR count). The fraction of sp³-hybridized carbons (Fsp3) is 0.424. The number of hydrogen-bond donors (Lipinski definition) is 0. The fourth-order valence-electron chi connectivity index (χ4n) is 9.68. The summed E-state index contributed by atoms with van der Waals surface area (Å²) >= 11 is 0. The lowest BCUT2D eigenvalue weighted by Gasteiger charge is -2.15. The van der Waals surface area contributed by atoms with Crippen molar-refractivity contribution in [3.05, 3.63) is 146 Å². The summed E-state index contributed by atoms with van der Waals surface area (Å²) in [5, 5.41) is 4.08. The number of aryl methyl sites for hydroxylation is 2. The average molecular weight is 1020 g/mol. The van der Waals surface area contributed by atoms with Gasteiger partial charge in [0.25, 0.3) is 0 Å². The van der Waals surface area contributed by atoms with Gasteiger partial charge in [0.05, 0.1) is 50.2 Å². The number of rotatable bonds is 35. The number of unbranched alkanes of at least 4 members (excludes halogenated alkanes) is 16. The summed E-state index contributed by atoms with van der Waals surface area (Å²) in [4.78, 5) is 28.4. The molecule has 0 saturated heterocycles. The van der Waals surface area contributed by atoms with Crippen molar-refractivity contribution in [2.24, 2.45) is 0 Å². The Bertz CT molecular complexity index is 2710. The van der Waals surface area contributed by atoms with E-state index >= 15 is 0 Å². The molecular formula is C66H80N6O4. The van der Waals surface area contributed by atoms with Gasteiger partial charge in [0.2, 0.25) is 0 Å². The molecule has 0 bridgehead atoms. The Labute approximate surface area is 452 Å². The minimum absolute atomic E-state index is 0.624. The quantitative estimate of drug-likeness (QED) is 0.0356. The van der Waals surface area contributed by atoms with E-state index in [-0.39, 0.29) is 0 Å². The fourth-order valence-corrected chi connectivity index (χ4v) is 9.68. The molecule has 76 heavy (non-hydrogen) atoms.